The van der Waals surface area contributed by atoms with Gasteiger partial charge < -0.3 is 10.3 Å². The van der Waals surface area contributed by atoms with Gasteiger partial charge in [0.05, 0.1) is 28.4 Å². The van der Waals surface area contributed by atoms with Gasteiger partial charge in [-0.15, -0.1) is 11.3 Å². The SMILES string of the molecule is C=C/C(=C\C(=C/C)c1cc2c(-c3nc4c(-c5cccs5)cccc4[nH]3)n[nH]c2cn1)CNCc1ccccc1. The van der Waals surface area contributed by atoms with Crippen molar-refractivity contribution in [3.05, 3.63) is 120 Å². The highest BCUT2D eigenvalue weighted by Crippen LogP contribution is 2.33. The van der Waals surface area contributed by atoms with Crippen molar-refractivity contribution in [2.75, 3.05) is 6.54 Å². The van der Waals surface area contributed by atoms with Crippen LogP contribution in [0.4, 0.5) is 0 Å². The molecule has 0 spiro atoms. The van der Waals surface area contributed by atoms with Gasteiger partial charge in [-0.3, -0.25) is 10.1 Å². The molecule has 2 aromatic carbocycles. The smallest absolute Gasteiger partial charge is 0.159 e. The second kappa shape index (κ2) is 11.0. The van der Waals surface area contributed by atoms with Gasteiger partial charge in [0.25, 0.3) is 0 Å². The molecule has 4 aromatic heterocycles. The summed E-state index contributed by atoms with van der Waals surface area (Å²) >= 11 is 1.71. The van der Waals surface area contributed by atoms with E-state index in [1.807, 2.05) is 25.3 Å². The average molecular weight is 529 g/mol. The van der Waals surface area contributed by atoms with Crippen LogP contribution in [-0.2, 0) is 6.54 Å². The minimum absolute atomic E-state index is 0.709. The first kappa shape index (κ1) is 24.7. The Kier molecular flexibility index (Phi) is 6.99. The lowest BCUT2D eigenvalue weighted by Crippen LogP contribution is -2.16. The van der Waals surface area contributed by atoms with Crippen molar-refractivity contribution < 1.29 is 0 Å². The third-order valence-electron chi connectivity index (χ3n) is 6.68. The van der Waals surface area contributed by atoms with Crippen molar-refractivity contribution in [2.45, 2.75) is 13.5 Å². The van der Waals surface area contributed by atoms with E-state index in [1.165, 1.54) is 10.4 Å². The lowest BCUT2D eigenvalue weighted by molar-refractivity contribution is 0.747. The Hall–Kier alpha value is -4.59. The Morgan fingerprint density at radius 1 is 1.05 bits per heavy atom. The molecule has 3 N–H and O–H groups in total. The van der Waals surface area contributed by atoms with Crippen LogP contribution in [0, 0.1) is 0 Å². The first-order chi connectivity index (χ1) is 19.2. The molecule has 0 atom stereocenters. The van der Waals surface area contributed by atoms with Crippen LogP contribution in [-0.4, -0.2) is 31.7 Å². The van der Waals surface area contributed by atoms with Gasteiger partial charge in [0.2, 0.25) is 0 Å². The van der Waals surface area contributed by atoms with Crippen molar-refractivity contribution in [3.8, 4) is 22.0 Å². The molecule has 192 valence electrons. The summed E-state index contributed by atoms with van der Waals surface area (Å²) in [5.74, 6) is 0.729. The highest BCUT2D eigenvalue weighted by atomic mass is 32.1. The number of hydrogen-bond donors (Lipinski definition) is 3. The number of allylic oxidation sites excluding steroid dienone is 3. The summed E-state index contributed by atoms with van der Waals surface area (Å²) in [6.45, 7) is 7.56. The Labute approximate surface area is 230 Å². The standard InChI is InChI=1S/C32H28N6S/c1-3-21(18-33-19-22-10-6-5-7-11-22)16-23(4-2)27-17-25-28(20-34-27)37-38-31(25)32-35-26-13-8-12-24(30(26)36-32)29-14-9-15-39-29/h3-17,20,33H,1,18-19H2,2H3,(H,35,36)(H,37,38)/b21-16+,23-4+. The molecule has 0 bridgehead atoms. The van der Waals surface area contributed by atoms with E-state index in [9.17, 15) is 0 Å². The second-order valence-corrected chi connectivity index (χ2v) is 10.2. The van der Waals surface area contributed by atoms with Crippen LogP contribution in [0.5, 0.6) is 0 Å². The minimum Gasteiger partial charge on any atom is -0.337 e. The molecule has 0 radical (unpaired) electrons. The summed E-state index contributed by atoms with van der Waals surface area (Å²) in [6, 6.07) is 22.9. The van der Waals surface area contributed by atoms with E-state index >= 15 is 0 Å². The summed E-state index contributed by atoms with van der Waals surface area (Å²) in [7, 11) is 0. The number of aromatic amines is 2. The van der Waals surface area contributed by atoms with Crippen molar-refractivity contribution in [2.24, 2.45) is 0 Å². The fraction of sp³-hybridized carbons (Fsp3) is 0.0938. The first-order valence-corrected chi connectivity index (χ1v) is 13.7. The van der Waals surface area contributed by atoms with Crippen LogP contribution in [0.25, 0.3) is 49.5 Å². The van der Waals surface area contributed by atoms with E-state index in [-0.39, 0.29) is 0 Å². The van der Waals surface area contributed by atoms with Crippen LogP contribution in [0.1, 0.15) is 18.2 Å². The van der Waals surface area contributed by atoms with E-state index in [0.717, 1.165) is 62.4 Å². The van der Waals surface area contributed by atoms with Crippen molar-refractivity contribution >= 4 is 38.8 Å². The third kappa shape index (κ3) is 5.10. The molecule has 4 heterocycles. The monoisotopic (exact) mass is 528 g/mol. The zero-order valence-electron chi connectivity index (χ0n) is 21.6. The highest BCUT2D eigenvalue weighted by molar-refractivity contribution is 7.13. The summed E-state index contributed by atoms with van der Waals surface area (Å²) in [5.41, 5.74) is 8.90. The van der Waals surface area contributed by atoms with Gasteiger partial charge in [-0.2, -0.15) is 5.10 Å². The zero-order chi connectivity index (χ0) is 26.6. The minimum atomic E-state index is 0.709. The molecule has 0 aliphatic carbocycles. The third-order valence-corrected chi connectivity index (χ3v) is 7.58. The quantitative estimate of drug-likeness (QED) is 0.169. The van der Waals surface area contributed by atoms with Gasteiger partial charge in [-0.25, -0.2) is 4.98 Å². The number of aromatic nitrogens is 5. The average Bonchev–Trinajstić information content (AvgIpc) is 3.74. The van der Waals surface area contributed by atoms with Crippen LogP contribution < -0.4 is 5.32 Å². The summed E-state index contributed by atoms with van der Waals surface area (Å²) < 4.78 is 0. The van der Waals surface area contributed by atoms with Gasteiger partial charge in [-0.05, 0) is 53.3 Å². The maximum absolute atomic E-state index is 4.98. The van der Waals surface area contributed by atoms with Gasteiger partial charge >= 0.3 is 0 Å². The molecular weight excluding hydrogens is 500 g/mol. The van der Waals surface area contributed by atoms with Crippen molar-refractivity contribution in [1.29, 1.82) is 0 Å². The number of benzene rings is 2. The summed E-state index contributed by atoms with van der Waals surface area (Å²) in [6.07, 6.45) is 7.93. The second-order valence-electron chi connectivity index (χ2n) is 9.21. The number of imidazole rings is 1. The first-order valence-electron chi connectivity index (χ1n) is 12.8. The number of thiophene rings is 1. The van der Waals surface area contributed by atoms with Crippen LogP contribution >= 0.6 is 11.3 Å². The van der Waals surface area contributed by atoms with E-state index in [1.54, 1.807) is 11.3 Å². The molecule has 6 rings (SSSR count). The van der Waals surface area contributed by atoms with Crippen LogP contribution in [0.3, 0.4) is 0 Å². The molecule has 39 heavy (non-hydrogen) atoms. The highest BCUT2D eigenvalue weighted by Gasteiger charge is 2.16. The van der Waals surface area contributed by atoms with Gasteiger partial charge in [0.1, 0.15) is 5.69 Å². The number of pyridine rings is 1. The predicted molar refractivity (Wildman–Crippen MR) is 162 cm³/mol. The molecule has 0 saturated carbocycles. The topological polar surface area (TPSA) is 82.3 Å². The number of para-hydroxylation sites is 1. The Morgan fingerprint density at radius 3 is 2.74 bits per heavy atom. The van der Waals surface area contributed by atoms with Crippen LogP contribution in [0.15, 0.2) is 109 Å². The zero-order valence-corrected chi connectivity index (χ0v) is 22.4. The van der Waals surface area contributed by atoms with E-state index in [0.29, 0.717) is 6.54 Å². The van der Waals surface area contributed by atoms with Gasteiger partial charge in [0.15, 0.2) is 5.82 Å². The van der Waals surface area contributed by atoms with E-state index in [2.05, 4.69) is 105 Å². The summed E-state index contributed by atoms with van der Waals surface area (Å²) in [4.78, 5) is 14.4. The summed E-state index contributed by atoms with van der Waals surface area (Å²) in [5, 5.41) is 14.3. The van der Waals surface area contributed by atoms with Gasteiger partial charge in [0, 0.05) is 28.9 Å². The van der Waals surface area contributed by atoms with Gasteiger partial charge in [-0.1, -0.05) is 67.3 Å². The Bertz CT molecular complexity index is 1810. The molecule has 0 saturated heterocycles. The van der Waals surface area contributed by atoms with Crippen molar-refractivity contribution in [3.63, 3.8) is 0 Å². The molecule has 0 aliphatic rings. The molecule has 6 nitrogen and oxygen atoms in total. The molecule has 0 aliphatic heterocycles. The number of nitrogens with zero attached hydrogens (tertiary/aromatic N) is 3. The van der Waals surface area contributed by atoms with Crippen LogP contribution in [0.2, 0.25) is 0 Å². The number of fused-ring (bicyclic) bond motifs is 2. The maximum atomic E-state index is 4.98. The number of nitrogens with one attached hydrogen (secondary N) is 3. The predicted octanol–water partition coefficient (Wildman–Crippen LogP) is 7.54. The maximum Gasteiger partial charge on any atom is 0.159 e. The largest absolute Gasteiger partial charge is 0.337 e. The number of hydrogen-bond acceptors (Lipinski definition) is 5. The van der Waals surface area contributed by atoms with Crippen molar-refractivity contribution in [1.82, 2.24) is 30.5 Å². The van der Waals surface area contributed by atoms with E-state index in [4.69, 9.17) is 9.97 Å². The fourth-order valence-electron chi connectivity index (χ4n) is 4.66. The molecule has 0 fully saturated rings. The Balaban J connectivity index is 1.30. The molecule has 7 heteroatoms. The molecule has 0 unspecified atom stereocenters. The fourth-order valence-corrected chi connectivity index (χ4v) is 5.42. The number of rotatable bonds is 9. The molecular formula is C32H28N6S. The lowest BCUT2D eigenvalue weighted by atomic mass is 10.1. The van der Waals surface area contributed by atoms with E-state index < -0.39 is 0 Å². The Morgan fingerprint density at radius 2 is 1.95 bits per heavy atom. The number of H-pyrrole nitrogens is 2. The normalized spacial score (nSPS) is 12.4. The molecule has 6 aromatic rings. The lowest BCUT2D eigenvalue weighted by Gasteiger charge is -2.08. The molecule has 0 amide bonds.